The summed E-state index contributed by atoms with van der Waals surface area (Å²) >= 11 is 0. The van der Waals surface area contributed by atoms with Gasteiger partial charge in [0.15, 0.2) is 5.69 Å². The number of piperazine rings is 1. The van der Waals surface area contributed by atoms with Crippen LogP contribution in [0.4, 0.5) is 0 Å². The van der Waals surface area contributed by atoms with Crippen LogP contribution in [0.2, 0.25) is 0 Å². The van der Waals surface area contributed by atoms with Gasteiger partial charge in [-0.1, -0.05) is 6.07 Å². The van der Waals surface area contributed by atoms with Crippen molar-refractivity contribution in [1.29, 1.82) is 0 Å². The molecule has 9 heteroatoms. The molecule has 0 saturated carbocycles. The van der Waals surface area contributed by atoms with E-state index in [1.165, 1.54) is 0 Å². The van der Waals surface area contributed by atoms with Crippen LogP contribution in [0.1, 0.15) is 27.9 Å². The topological polar surface area (TPSA) is 89.1 Å². The Morgan fingerprint density at radius 3 is 2.93 bits per heavy atom. The minimum atomic E-state index is -0.128. The first-order valence-corrected chi connectivity index (χ1v) is 8.51. The molecule has 142 valence electrons. The number of aromatic nitrogens is 4. The number of carbonyl (C=O) groups excluding carboxylic acids is 1. The molecule has 0 spiro atoms. The van der Waals surface area contributed by atoms with Crippen LogP contribution in [-0.4, -0.2) is 50.2 Å². The molecule has 4 heterocycles. The van der Waals surface area contributed by atoms with E-state index in [4.69, 9.17) is 4.42 Å². The Kier molecular flexibility index (Phi) is 5.57. The minimum Gasteiger partial charge on any atom is -0.440 e. The molecule has 0 bridgehead atoms. The fourth-order valence-electron chi connectivity index (χ4n) is 3.20. The predicted octanol–water partition coefficient (Wildman–Crippen LogP) is 1.99. The Labute approximate surface area is 163 Å². The normalized spacial score (nSPS) is 16.8. The van der Waals surface area contributed by atoms with Gasteiger partial charge in [-0.3, -0.25) is 14.5 Å². The van der Waals surface area contributed by atoms with Crippen molar-refractivity contribution in [3.8, 4) is 11.5 Å². The molecule has 3 aromatic heterocycles. The van der Waals surface area contributed by atoms with E-state index in [1.54, 1.807) is 30.2 Å². The largest absolute Gasteiger partial charge is 0.440 e. The second-order valence-corrected chi connectivity index (χ2v) is 6.33. The summed E-state index contributed by atoms with van der Waals surface area (Å²) in [5, 5.41) is 7.47. The molecule has 0 radical (unpaired) electrons. The fraction of sp³-hybridized carbons (Fsp3) is 0.333. The zero-order valence-corrected chi connectivity index (χ0v) is 15.9. The Morgan fingerprint density at radius 2 is 2.22 bits per heavy atom. The van der Waals surface area contributed by atoms with Crippen molar-refractivity contribution in [2.24, 2.45) is 7.05 Å². The number of amides is 1. The minimum absolute atomic E-state index is 0. The summed E-state index contributed by atoms with van der Waals surface area (Å²) in [6, 6.07) is 3.79. The molecule has 1 amide bonds. The molecule has 4 rings (SSSR count). The number of nitrogens with zero attached hydrogens (tertiary/aromatic N) is 5. The van der Waals surface area contributed by atoms with E-state index in [1.807, 2.05) is 30.3 Å². The van der Waals surface area contributed by atoms with Gasteiger partial charge in [-0.25, -0.2) is 4.98 Å². The molecule has 1 aliphatic rings. The van der Waals surface area contributed by atoms with Gasteiger partial charge in [0.25, 0.3) is 5.91 Å². The Balaban J connectivity index is 0.00000210. The molecule has 1 N–H and O–H groups in total. The third kappa shape index (κ3) is 3.72. The van der Waals surface area contributed by atoms with Crippen molar-refractivity contribution in [3.05, 3.63) is 53.9 Å². The summed E-state index contributed by atoms with van der Waals surface area (Å²) in [5.74, 6) is 0.793. The van der Waals surface area contributed by atoms with Crippen molar-refractivity contribution >= 4 is 18.3 Å². The van der Waals surface area contributed by atoms with Gasteiger partial charge in [-0.05, 0) is 18.6 Å². The number of carbonyl (C=O) groups is 1. The standard InChI is InChI=1S/C18H20N6O2.ClH/c1-12-16(22-17(26-12)14-9-21-23(2)11-14)18(25)24-7-6-20-10-15(24)13-4-3-5-19-8-13;/h3-5,8-9,11,15,20H,6-7,10H2,1-2H3;1H. The van der Waals surface area contributed by atoms with Gasteiger partial charge in [0, 0.05) is 45.3 Å². The molecule has 1 unspecified atom stereocenters. The van der Waals surface area contributed by atoms with Crippen molar-refractivity contribution in [2.75, 3.05) is 19.6 Å². The lowest BCUT2D eigenvalue weighted by Gasteiger charge is -2.36. The number of rotatable bonds is 3. The number of nitrogens with one attached hydrogen (secondary N) is 1. The van der Waals surface area contributed by atoms with E-state index in [-0.39, 0.29) is 24.4 Å². The monoisotopic (exact) mass is 388 g/mol. The van der Waals surface area contributed by atoms with Crippen molar-refractivity contribution in [3.63, 3.8) is 0 Å². The highest BCUT2D eigenvalue weighted by molar-refractivity contribution is 5.94. The van der Waals surface area contributed by atoms with Crippen molar-refractivity contribution in [2.45, 2.75) is 13.0 Å². The van der Waals surface area contributed by atoms with Crippen LogP contribution in [0.5, 0.6) is 0 Å². The molecule has 8 nitrogen and oxygen atoms in total. The molecule has 3 aromatic rings. The van der Waals surface area contributed by atoms with E-state index >= 15 is 0 Å². The molecule has 1 aliphatic heterocycles. The average molecular weight is 389 g/mol. The first kappa shape index (κ1) is 19.1. The number of hydrogen-bond donors (Lipinski definition) is 1. The van der Waals surface area contributed by atoms with Crippen LogP contribution in [-0.2, 0) is 7.05 Å². The zero-order valence-electron chi connectivity index (χ0n) is 15.1. The highest BCUT2D eigenvalue weighted by atomic mass is 35.5. The number of aryl methyl sites for hydroxylation is 2. The number of oxazole rings is 1. The van der Waals surface area contributed by atoms with Gasteiger partial charge in [-0.15, -0.1) is 12.4 Å². The first-order chi connectivity index (χ1) is 12.6. The molecule has 0 aromatic carbocycles. The second-order valence-electron chi connectivity index (χ2n) is 6.33. The number of hydrogen-bond acceptors (Lipinski definition) is 6. The molecule has 27 heavy (non-hydrogen) atoms. The maximum absolute atomic E-state index is 13.2. The van der Waals surface area contributed by atoms with Gasteiger partial charge in [0.2, 0.25) is 5.89 Å². The van der Waals surface area contributed by atoms with Gasteiger partial charge in [0.05, 0.1) is 17.8 Å². The lowest BCUT2D eigenvalue weighted by atomic mass is 10.0. The summed E-state index contributed by atoms with van der Waals surface area (Å²) in [5.41, 5.74) is 2.10. The molecular formula is C18H21ClN6O2. The van der Waals surface area contributed by atoms with E-state index < -0.39 is 0 Å². The van der Waals surface area contributed by atoms with Gasteiger partial charge >= 0.3 is 0 Å². The second kappa shape index (κ2) is 7.89. The predicted molar refractivity (Wildman–Crippen MR) is 102 cm³/mol. The fourth-order valence-corrected chi connectivity index (χ4v) is 3.20. The highest BCUT2D eigenvalue weighted by Crippen LogP contribution is 2.26. The highest BCUT2D eigenvalue weighted by Gasteiger charge is 2.32. The van der Waals surface area contributed by atoms with Crippen LogP contribution in [0.15, 0.2) is 41.3 Å². The average Bonchev–Trinajstić information content (AvgIpc) is 3.27. The quantitative estimate of drug-likeness (QED) is 0.738. The zero-order chi connectivity index (χ0) is 18.1. The lowest BCUT2D eigenvalue weighted by molar-refractivity contribution is 0.0627. The summed E-state index contributed by atoms with van der Waals surface area (Å²) in [6.07, 6.45) is 7.01. The molecule has 1 saturated heterocycles. The van der Waals surface area contributed by atoms with Crippen LogP contribution in [0, 0.1) is 6.92 Å². The number of halogens is 1. The summed E-state index contributed by atoms with van der Waals surface area (Å²) < 4.78 is 7.40. The molecule has 1 atom stereocenters. The van der Waals surface area contributed by atoms with Crippen molar-refractivity contribution in [1.82, 2.24) is 30.0 Å². The third-order valence-corrected chi connectivity index (χ3v) is 4.52. The smallest absolute Gasteiger partial charge is 0.276 e. The summed E-state index contributed by atoms with van der Waals surface area (Å²) in [7, 11) is 1.82. The van der Waals surface area contributed by atoms with Gasteiger partial charge < -0.3 is 14.6 Å². The van der Waals surface area contributed by atoms with Gasteiger partial charge in [-0.2, -0.15) is 5.10 Å². The summed E-state index contributed by atoms with van der Waals surface area (Å²) in [4.78, 5) is 23.7. The summed E-state index contributed by atoms with van der Waals surface area (Å²) in [6.45, 7) is 3.80. The van der Waals surface area contributed by atoms with E-state index in [0.29, 0.717) is 30.4 Å². The maximum Gasteiger partial charge on any atom is 0.276 e. The van der Waals surface area contributed by atoms with Crippen LogP contribution in [0.3, 0.4) is 0 Å². The molecule has 0 aliphatic carbocycles. The lowest BCUT2D eigenvalue weighted by Crippen LogP contribution is -2.49. The van der Waals surface area contributed by atoms with E-state index in [9.17, 15) is 4.79 Å². The van der Waals surface area contributed by atoms with Crippen LogP contribution >= 0.6 is 12.4 Å². The van der Waals surface area contributed by atoms with Crippen molar-refractivity contribution < 1.29 is 9.21 Å². The van der Waals surface area contributed by atoms with Gasteiger partial charge in [0.1, 0.15) is 5.76 Å². The van der Waals surface area contributed by atoms with Crippen LogP contribution in [0.25, 0.3) is 11.5 Å². The molecular weight excluding hydrogens is 368 g/mol. The van der Waals surface area contributed by atoms with E-state index in [2.05, 4.69) is 20.4 Å². The Morgan fingerprint density at radius 1 is 1.37 bits per heavy atom. The third-order valence-electron chi connectivity index (χ3n) is 4.52. The Bertz CT molecular complexity index is 923. The SMILES string of the molecule is Cc1oc(-c2cnn(C)c2)nc1C(=O)N1CCNCC1c1cccnc1.Cl. The van der Waals surface area contributed by atoms with Crippen LogP contribution < -0.4 is 5.32 Å². The number of pyridine rings is 1. The van der Waals surface area contributed by atoms with E-state index in [0.717, 1.165) is 17.7 Å². The molecule has 1 fully saturated rings. The Hall–Kier alpha value is -2.71. The maximum atomic E-state index is 13.2. The first-order valence-electron chi connectivity index (χ1n) is 8.51.